The van der Waals surface area contributed by atoms with Gasteiger partial charge in [-0.15, -0.1) is 0 Å². The van der Waals surface area contributed by atoms with Crippen LogP contribution < -0.4 is 10.6 Å². The Labute approximate surface area is 193 Å². The number of carbonyl (C=O) groups excluding carboxylic acids is 2. The van der Waals surface area contributed by atoms with Gasteiger partial charge in [0.05, 0.1) is 29.5 Å². The van der Waals surface area contributed by atoms with E-state index in [1.807, 2.05) is 85.8 Å². The fraction of sp³-hybridized carbons (Fsp3) is 0.222. The number of rotatable bonds is 8. The Hall–Kier alpha value is -3.93. The minimum atomic E-state index is -0.406. The summed E-state index contributed by atoms with van der Waals surface area (Å²) >= 11 is 0. The van der Waals surface area contributed by atoms with Crippen LogP contribution in [0, 0.1) is 6.92 Å². The summed E-state index contributed by atoms with van der Waals surface area (Å²) in [6.45, 7) is 3.47. The molecule has 0 spiro atoms. The zero-order valence-electron chi connectivity index (χ0n) is 18.8. The molecule has 1 unspecified atom stereocenters. The summed E-state index contributed by atoms with van der Waals surface area (Å²) in [7, 11) is 0. The molecular formula is C27H28N4O2. The summed E-state index contributed by atoms with van der Waals surface area (Å²) < 4.78 is 0. The van der Waals surface area contributed by atoms with Crippen LogP contribution in [-0.4, -0.2) is 21.8 Å². The molecule has 0 aliphatic heterocycles. The molecule has 0 aliphatic carbocycles. The lowest BCUT2D eigenvalue weighted by atomic mass is 10.0. The average molecular weight is 441 g/mol. The lowest BCUT2D eigenvalue weighted by Crippen LogP contribution is -2.35. The topological polar surface area (TPSA) is 86.9 Å². The Morgan fingerprint density at radius 1 is 0.879 bits per heavy atom. The first-order chi connectivity index (χ1) is 16.0. The van der Waals surface area contributed by atoms with E-state index in [-0.39, 0.29) is 24.3 Å². The zero-order chi connectivity index (χ0) is 23.2. The Morgan fingerprint density at radius 2 is 1.58 bits per heavy atom. The summed E-state index contributed by atoms with van der Waals surface area (Å²) in [5.74, 6) is 0.377. The van der Waals surface area contributed by atoms with Crippen LogP contribution in [0.15, 0.2) is 78.9 Å². The number of benzene rings is 3. The monoisotopic (exact) mass is 440 g/mol. The number of aromatic nitrogens is 2. The molecule has 0 fully saturated rings. The Bertz CT molecular complexity index is 1200. The van der Waals surface area contributed by atoms with Crippen LogP contribution in [0.2, 0.25) is 0 Å². The Balaban J connectivity index is 1.56. The van der Waals surface area contributed by atoms with Crippen molar-refractivity contribution >= 4 is 22.8 Å². The smallest absolute Gasteiger partial charge is 0.223 e. The highest BCUT2D eigenvalue weighted by Crippen LogP contribution is 2.22. The fourth-order valence-electron chi connectivity index (χ4n) is 3.94. The third-order valence-electron chi connectivity index (χ3n) is 5.60. The van der Waals surface area contributed by atoms with Crippen molar-refractivity contribution in [1.82, 2.24) is 20.6 Å². The third-order valence-corrected chi connectivity index (χ3v) is 5.60. The average Bonchev–Trinajstić information content (AvgIpc) is 3.23. The first kappa shape index (κ1) is 22.3. The van der Waals surface area contributed by atoms with E-state index in [4.69, 9.17) is 4.98 Å². The van der Waals surface area contributed by atoms with E-state index in [0.29, 0.717) is 12.2 Å². The number of aryl methyl sites for hydroxylation is 1. The largest absolute Gasteiger partial charge is 0.349 e. The van der Waals surface area contributed by atoms with E-state index in [1.54, 1.807) is 0 Å². The van der Waals surface area contributed by atoms with Gasteiger partial charge in [0, 0.05) is 6.92 Å². The molecule has 0 saturated heterocycles. The van der Waals surface area contributed by atoms with Crippen molar-refractivity contribution < 1.29 is 9.59 Å². The van der Waals surface area contributed by atoms with Gasteiger partial charge in [-0.05, 0) is 36.6 Å². The molecule has 0 aliphatic rings. The third kappa shape index (κ3) is 5.86. The minimum Gasteiger partial charge on any atom is -0.349 e. The van der Waals surface area contributed by atoms with E-state index in [1.165, 1.54) is 6.92 Å². The number of hydrogen-bond donors (Lipinski definition) is 3. The van der Waals surface area contributed by atoms with Crippen molar-refractivity contribution in [2.24, 2.45) is 0 Å². The number of aromatic amines is 1. The van der Waals surface area contributed by atoms with E-state index in [0.717, 1.165) is 27.7 Å². The van der Waals surface area contributed by atoms with Crippen LogP contribution in [0.5, 0.6) is 0 Å². The van der Waals surface area contributed by atoms with Crippen LogP contribution in [0.25, 0.3) is 11.0 Å². The van der Waals surface area contributed by atoms with Gasteiger partial charge in [-0.2, -0.15) is 0 Å². The standard InChI is InChI=1S/C27H28N4O2/c1-18-12-14-21(15-13-18)24(28-19(2)32)17-26(33)29-25(16-20-8-4-3-5-9-20)27-30-22-10-6-7-11-23(22)31-27/h3-15,24-25H,16-17H2,1-2H3,(H,28,32)(H,29,33)(H,30,31)/t24?,25-/m0/s1. The normalized spacial score (nSPS) is 12.8. The predicted octanol–water partition coefficient (Wildman–Crippen LogP) is 4.54. The van der Waals surface area contributed by atoms with Gasteiger partial charge in [0.25, 0.3) is 0 Å². The van der Waals surface area contributed by atoms with Crippen molar-refractivity contribution in [3.05, 3.63) is 101 Å². The molecule has 33 heavy (non-hydrogen) atoms. The predicted molar refractivity (Wildman–Crippen MR) is 129 cm³/mol. The lowest BCUT2D eigenvalue weighted by molar-refractivity contribution is -0.123. The summed E-state index contributed by atoms with van der Waals surface area (Å²) in [6.07, 6.45) is 0.732. The van der Waals surface area contributed by atoms with E-state index >= 15 is 0 Å². The number of carbonyl (C=O) groups is 2. The van der Waals surface area contributed by atoms with E-state index < -0.39 is 6.04 Å². The fourth-order valence-corrected chi connectivity index (χ4v) is 3.94. The number of imidazole rings is 1. The second-order valence-corrected chi connectivity index (χ2v) is 8.32. The van der Waals surface area contributed by atoms with Crippen LogP contribution >= 0.6 is 0 Å². The summed E-state index contributed by atoms with van der Waals surface area (Å²) in [4.78, 5) is 33.0. The molecule has 0 bridgehead atoms. The molecule has 4 rings (SSSR count). The molecule has 168 valence electrons. The number of nitrogens with zero attached hydrogens (tertiary/aromatic N) is 1. The number of nitrogens with one attached hydrogen (secondary N) is 3. The Morgan fingerprint density at radius 3 is 2.27 bits per heavy atom. The number of H-pyrrole nitrogens is 1. The van der Waals surface area contributed by atoms with Crippen molar-refractivity contribution in [2.75, 3.05) is 0 Å². The molecule has 0 saturated carbocycles. The lowest BCUT2D eigenvalue weighted by Gasteiger charge is -2.21. The van der Waals surface area contributed by atoms with Crippen LogP contribution in [-0.2, 0) is 16.0 Å². The van der Waals surface area contributed by atoms with Gasteiger partial charge in [0.1, 0.15) is 5.82 Å². The highest BCUT2D eigenvalue weighted by Gasteiger charge is 2.22. The molecule has 6 heteroatoms. The van der Waals surface area contributed by atoms with Crippen LogP contribution in [0.3, 0.4) is 0 Å². The van der Waals surface area contributed by atoms with Gasteiger partial charge in [-0.25, -0.2) is 4.98 Å². The number of amides is 2. The molecule has 2 atom stereocenters. The van der Waals surface area contributed by atoms with Crippen LogP contribution in [0.1, 0.15) is 47.9 Å². The van der Waals surface area contributed by atoms with Gasteiger partial charge >= 0.3 is 0 Å². The number of para-hydroxylation sites is 2. The molecule has 0 radical (unpaired) electrons. The highest BCUT2D eigenvalue weighted by atomic mass is 16.2. The van der Waals surface area contributed by atoms with Gasteiger partial charge in [-0.1, -0.05) is 72.3 Å². The maximum Gasteiger partial charge on any atom is 0.223 e. The van der Waals surface area contributed by atoms with E-state index in [9.17, 15) is 9.59 Å². The summed E-state index contributed by atoms with van der Waals surface area (Å²) in [6, 6.07) is 24.9. The Kier molecular flexibility index (Phi) is 6.83. The number of hydrogen-bond acceptors (Lipinski definition) is 3. The molecule has 2 amide bonds. The molecular weight excluding hydrogens is 412 g/mol. The highest BCUT2D eigenvalue weighted by molar-refractivity contribution is 5.80. The van der Waals surface area contributed by atoms with Gasteiger partial charge in [0.15, 0.2) is 0 Å². The van der Waals surface area contributed by atoms with Gasteiger partial charge in [0.2, 0.25) is 11.8 Å². The van der Waals surface area contributed by atoms with Crippen molar-refractivity contribution in [1.29, 1.82) is 0 Å². The molecule has 3 aromatic carbocycles. The van der Waals surface area contributed by atoms with Crippen molar-refractivity contribution in [2.45, 2.75) is 38.8 Å². The van der Waals surface area contributed by atoms with Gasteiger partial charge in [-0.3, -0.25) is 9.59 Å². The maximum atomic E-state index is 13.2. The summed E-state index contributed by atoms with van der Waals surface area (Å²) in [5.41, 5.74) is 4.90. The molecule has 3 N–H and O–H groups in total. The molecule has 4 aromatic rings. The van der Waals surface area contributed by atoms with Gasteiger partial charge < -0.3 is 15.6 Å². The SMILES string of the molecule is CC(=O)NC(CC(=O)N[C@@H](Cc1ccccc1)c1nc2ccccc2[nH]1)c1ccc(C)cc1. The first-order valence-corrected chi connectivity index (χ1v) is 11.1. The van der Waals surface area contributed by atoms with E-state index in [2.05, 4.69) is 15.6 Å². The molecule has 6 nitrogen and oxygen atoms in total. The molecule has 1 heterocycles. The minimum absolute atomic E-state index is 0.133. The second-order valence-electron chi connectivity index (χ2n) is 8.32. The molecule has 1 aromatic heterocycles. The second kappa shape index (κ2) is 10.1. The first-order valence-electron chi connectivity index (χ1n) is 11.1. The zero-order valence-corrected chi connectivity index (χ0v) is 18.8. The van der Waals surface area contributed by atoms with Crippen molar-refractivity contribution in [3.63, 3.8) is 0 Å². The van der Waals surface area contributed by atoms with Crippen LogP contribution in [0.4, 0.5) is 0 Å². The number of fused-ring (bicyclic) bond motifs is 1. The van der Waals surface area contributed by atoms with Crippen molar-refractivity contribution in [3.8, 4) is 0 Å². The quantitative estimate of drug-likeness (QED) is 0.376. The summed E-state index contributed by atoms with van der Waals surface area (Å²) in [5, 5.41) is 6.05. The maximum absolute atomic E-state index is 13.2.